The molecule has 1 heterocycles. The Morgan fingerprint density at radius 2 is 1.98 bits per heavy atom. The van der Waals surface area contributed by atoms with Crippen LogP contribution in [0.15, 0.2) is 43.0 Å². The molecule has 4 saturated carbocycles. The number of hydrogen-bond donors (Lipinski definition) is 3. The number of allylic oxidation sites excluding steroid dienone is 1. The van der Waals surface area contributed by atoms with Crippen LogP contribution in [0, 0.1) is 39.4 Å². The van der Waals surface area contributed by atoms with Gasteiger partial charge in [-0.1, -0.05) is 52.0 Å². The van der Waals surface area contributed by atoms with Crippen molar-refractivity contribution >= 4 is 24.2 Å². The van der Waals surface area contributed by atoms with E-state index in [0.717, 1.165) is 36.9 Å². The van der Waals surface area contributed by atoms with Crippen LogP contribution >= 0.6 is 0 Å². The van der Waals surface area contributed by atoms with E-state index < -0.39 is 24.2 Å². The van der Waals surface area contributed by atoms with Gasteiger partial charge in [-0.25, -0.2) is 0 Å². The first-order valence-electron chi connectivity index (χ1n) is 15.1. The van der Waals surface area contributed by atoms with Crippen molar-refractivity contribution in [1.82, 2.24) is 0 Å². The molecule has 6 rings (SSSR count). The second kappa shape index (κ2) is 8.72. The van der Waals surface area contributed by atoms with Crippen molar-refractivity contribution < 1.29 is 24.3 Å². The normalized spacial score (nSPS) is 44.5. The predicted molar refractivity (Wildman–Crippen MR) is 158 cm³/mol. The molecule has 0 saturated heterocycles. The molecular formula is C33H46BNO5. The van der Waals surface area contributed by atoms with Gasteiger partial charge in [-0.15, -0.1) is 6.58 Å². The van der Waals surface area contributed by atoms with Gasteiger partial charge in [0.1, 0.15) is 12.6 Å². The highest BCUT2D eigenvalue weighted by molar-refractivity contribution is 6.62. The summed E-state index contributed by atoms with van der Waals surface area (Å²) in [6.07, 6.45) is 5.74. The van der Waals surface area contributed by atoms with Crippen LogP contribution in [0.25, 0.3) is 0 Å². The van der Waals surface area contributed by atoms with Crippen molar-refractivity contribution in [3.05, 3.63) is 48.6 Å². The van der Waals surface area contributed by atoms with E-state index in [4.69, 9.17) is 9.39 Å². The molecule has 0 amide bonds. The maximum atomic E-state index is 13.5. The molecule has 1 aromatic carbocycles. The number of rotatable bonds is 5. The summed E-state index contributed by atoms with van der Waals surface area (Å²) in [5.74, 6) is 0.519. The van der Waals surface area contributed by atoms with Crippen LogP contribution in [0.2, 0.25) is 0 Å². The van der Waals surface area contributed by atoms with Crippen molar-refractivity contribution in [3.63, 3.8) is 0 Å². The van der Waals surface area contributed by atoms with Crippen LogP contribution in [0.3, 0.4) is 0 Å². The Labute approximate surface area is 239 Å². The Hall–Kier alpha value is -2.09. The minimum Gasteiger partial charge on any atom is -0.460 e. The third-order valence-electron chi connectivity index (χ3n) is 12.6. The van der Waals surface area contributed by atoms with Gasteiger partial charge in [0.15, 0.2) is 0 Å². The summed E-state index contributed by atoms with van der Waals surface area (Å²) >= 11 is 0. The second-order valence-electron chi connectivity index (χ2n) is 14.8. The lowest BCUT2D eigenvalue weighted by Crippen LogP contribution is -2.70. The minimum atomic E-state index is -0.987. The molecule has 2 bridgehead atoms. The molecule has 4 aliphatic carbocycles. The third kappa shape index (κ3) is 3.50. The van der Waals surface area contributed by atoms with Gasteiger partial charge in [-0.3, -0.25) is 4.79 Å². The Kier molecular flexibility index (Phi) is 6.11. The molecule has 3 unspecified atom stereocenters. The number of anilines is 1. The molecule has 6 nitrogen and oxygen atoms in total. The molecule has 7 heteroatoms. The topological polar surface area (TPSA) is 88.0 Å². The number of aliphatic hydroxyl groups excluding tert-OH is 1. The SMILES string of the molecule is C=C[C@]1(C)CC(OC(=O)CNc2ccc3c(c2)B(O)OC3(C)C)[C@]2(C)[C@H](C)CC34C[C@@](CCC3=C)([C@@H]42)[C@@H](C)C1O. The van der Waals surface area contributed by atoms with E-state index >= 15 is 0 Å². The zero-order chi connectivity index (χ0) is 29.0. The number of nitrogens with one attached hydrogen (secondary N) is 1. The van der Waals surface area contributed by atoms with Crippen LogP contribution in [0.1, 0.15) is 79.2 Å². The van der Waals surface area contributed by atoms with Crippen LogP contribution in [0.5, 0.6) is 0 Å². The first kappa shape index (κ1) is 28.1. The monoisotopic (exact) mass is 547 g/mol. The van der Waals surface area contributed by atoms with Gasteiger partial charge < -0.3 is 24.8 Å². The van der Waals surface area contributed by atoms with E-state index in [-0.39, 0.29) is 40.8 Å². The predicted octanol–water partition coefficient (Wildman–Crippen LogP) is 4.94. The Morgan fingerprint density at radius 3 is 2.67 bits per heavy atom. The lowest BCUT2D eigenvalue weighted by atomic mass is 9.31. The Morgan fingerprint density at radius 1 is 1.25 bits per heavy atom. The zero-order valence-corrected chi connectivity index (χ0v) is 25.0. The van der Waals surface area contributed by atoms with Gasteiger partial charge in [-0.05, 0) is 97.7 Å². The minimum absolute atomic E-state index is 0.0114. The van der Waals surface area contributed by atoms with Gasteiger partial charge in [0, 0.05) is 16.5 Å². The fraction of sp³-hybridized carbons (Fsp3) is 0.667. The van der Waals surface area contributed by atoms with Crippen molar-refractivity contribution in [2.75, 3.05) is 11.9 Å². The standard InChI is InChI=1S/C33H46BNO5/c1-9-30(7)16-25(39-26(36)17-35-22-10-11-23-24(14-22)34(38)40-29(23,5)6)31(8)20(3)15-33-18-32(28(31)33,13-12-19(33)2)21(4)27(30)37/h9-11,14,20-21,25,27-28,35,37-38H,1-2,12-13,15-18H2,3-8H3/t20-,21+,25?,27?,28+,30-,31+,32-,33?/m1/s1. The summed E-state index contributed by atoms with van der Waals surface area (Å²) in [7, 11) is -0.987. The summed E-state index contributed by atoms with van der Waals surface area (Å²) in [4.78, 5) is 13.5. The van der Waals surface area contributed by atoms with E-state index in [0.29, 0.717) is 23.7 Å². The fourth-order valence-corrected chi connectivity index (χ4v) is 10.4. The van der Waals surface area contributed by atoms with Crippen molar-refractivity contribution in [2.45, 2.75) is 91.5 Å². The highest BCUT2D eigenvalue weighted by Crippen LogP contribution is 2.84. The third-order valence-corrected chi connectivity index (χ3v) is 12.6. The van der Waals surface area contributed by atoms with E-state index in [9.17, 15) is 14.9 Å². The quantitative estimate of drug-likeness (QED) is 0.275. The van der Waals surface area contributed by atoms with Crippen molar-refractivity contribution in [1.29, 1.82) is 0 Å². The van der Waals surface area contributed by atoms with Gasteiger partial charge in [0.2, 0.25) is 0 Å². The van der Waals surface area contributed by atoms with Crippen LogP contribution in [0.4, 0.5) is 5.69 Å². The number of ether oxygens (including phenoxy) is 1. The number of aliphatic hydroxyl groups is 1. The van der Waals surface area contributed by atoms with E-state index in [2.05, 4.69) is 46.2 Å². The van der Waals surface area contributed by atoms with Gasteiger partial charge in [-0.2, -0.15) is 0 Å². The average Bonchev–Trinajstić information content (AvgIpc) is 3.24. The molecule has 9 atom stereocenters. The fourth-order valence-electron chi connectivity index (χ4n) is 10.4. The van der Waals surface area contributed by atoms with Crippen LogP contribution < -0.4 is 10.8 Å². The van der Waals surface area contributed by atoms with Crippen molar-refractivity contribution in [3.8, 4) is 0 Å². The maximum absolute atomic E-state index is 13.5. The molecule has 40 heavy (non-hydrogen) atoms. The maximum Gasteiger partial charge on any atom is 0.492 e. The molecule has 1 aliphatic heterocycles. The van der Waals surface area contributed by atoms with Gasteiger partial charge in [0.05, 0.1) is 11.7 Å². The van der Waals surface area contributed by atoms with E-state index in [1.807, 2.05) is 38.1 Å². The number of benzene rings is 1. The van der Waals surface area contributed by atoms with Crippen LogP contribution in [-0.4, -0.2) is 42.0 Å². The number of hydrogen-bond acceptors (Lipinski definition) is 6. The lowest BCUT2D eigenvalue weighted by molar-refractivity contribution is -0.253. The number of fused-ring (bicyclic) bond motifs is 1. The first-order valence-corrected chi connectivity index (χ1v) is 15.1. The number of esters is 1. The molecule has 5 aliphatic rings. The Balaban J connectivity index is 1.28. The highest BCUT2D eigenvalue weighted by Gasteiger charge is 2.80. The van der Waals surface area contributed by atoms with Crippen molar-refractivity contribution in [2.24, 2.45) is 39.4 Å². The average molecular weight is 548 g/mol. The smallest absolute Gasteiger partial charge is 0.460 e. The van der Waals surface area contributed by atoms with Gasteiger partial charge >= 0.3 is 13.1 Å². The first-order chi connectivity index (χ1) is 18.6. The lowest BCUT2D eigenvalue weighted by Gasteiger charge is -2.73. The second-order valence-corrected chi connectivity index (χ2v) is 14.8. The molecule has 216 valence electrons. The molecule has 2 spiro atoms. The molecule has 0 aromatic heterocycles. The summed E-state index contributed by atoms with van der Waals surface area (Å²) in [6, 6.07) is 5.69. The van der Waals surface area contributed by atoms with Crippen LogP contribution in [-0.2, 0) is 19.8 Å². The zero-order valence-electron chi connectivity index (χ0n) is 25.0. The van der Waals surface area contributed by atoms with E-state index in [1.54, 1.807) is 0 Å². The molecule has 3 N–H and O–H groups in total. The van der Waals surface area contributed by atoms with E-state index in [1.165, 1.54) is 5.57 Å². The summed E-state index contributed by atoms with van der Waals surface area (Å²) < 4.78 is 12.1. The molecule has 1 aromatic rings. The highest BCUT2D eigenvalue weighted by atomic mass is 16.5. The summed E-state index contributed by atoms with van der Waals surface area (Å²) in [5.41, 5.74) is 2.51. The molecule has 4 fully saturated rings. The number of carbonyl (C=O) groups excluding carboxylic acids is 1. The number of carbonyl (C=O) groups is 1. The summed E-state index contributed by atoms with van der Waals surface area (Å²) in [5, 5.41) is 25.4. The Bertz CT molecular complexity index is 1280. The largest absolute Gasteiger partial charge is 0.492 e. The molecule has 0 radical (unpaired) electrons. The van der Waals surface area contributed by atoms with Gasteiger partial charge in [0.25, 0.3) is 0 Å². The molecular weight excluding hydrogens is 501 g/mol. The summed E-state index contributed by atoms with van der Waals surface area (Å²) in [6.45, 7) is 21.6.